The molecule has 11 nitrogen and oxygen atoms in total. The summed E-state index contributed by atoms with van der Waals surface area (Å²) < 4.78 is 11.4. The minimum atomic E-state index is -1.03. The normalized spacial score (nSPS) is 21.0. The summed E-state index contributed by atoms with van der Waals surface area (Å²) in [6.07, 6.45) is 2.27. The number of para-hydroxylation sites is 1. The molecule has 4 aliphatic heterocycles. The SMILES string of the molecule is O=C(O[C@H](Cc1ccc(O)c(Cl)c1)C(=O)N1CCC(N2CCOC2)CC1)N1CCC(N2CCc3ccccc3NC2=O)CC1. The number of fused-ring (bicyclic) bond motifs is 1. The number of piperidine rings is 2. The van der Waals surface area contributed by atoms with Gasteiger partial charge in [0.2, 0.25) is 0 Å². The minimum Gasteiger partial charge on any atom is -0.506 e. The van der Waals surface area contributed by atoms with Crippen molar-refractivity contribution >= 4 is 35.3 Å². The van der Waals surface area contributed by atoms with Crippen molar-refractivity contribution in [1.29, 1.82) is 0 Å². The van der Waals surface area contributed by atoms with Gasteiger partial charge in [0, 0.05) is 63.5 Å². The molecule has 4 heterocycles. The molecule has 4 amide bonds. The molecule has 12 heteroatoms. The van der Waals surface area contributed by atoms with Crippen LogP contribution in [0.15, 0.2) is 42.5 Å². The van der Waals surface area contributed by atoms with Crippen LogP contribution in [0.5, 0.6) is 5.75 Å². The van der Waals surface area contributed by atoms with E-state index in [0.29, 0.717) is 63.9 Å². The summed E-state index contributed by atoms with van der Waals surface area (Å²) in [5.74, 6) is -0.276. The molecule has 3 saturated heterocycles. The van der Waals surface area contributed by atoms with E-state index in [1.165, 1.54) is 6.07 Å². The Morgan fingerprint density at radius 1 is 0.977 bits per heavy atom. The molecule has 2 N–H and O–H groups in total. The van der Waals surface area contributed by atoms with Crippen molar-refractivity contribution in [2.24, 2.45) is 0 Å². The lowest BCUT2D eigenvalue weighted by molar-refractivity contribution is -0.142. The molecular formula is C32H40ClN5O6. The number of aromatic hydroxyl groups is 1. The molecule has 236 valence electrons. The van der Waals surface area contributed by atoms with Gasteiger partial charge in [0.15, 0.2) is 6.10 Å². The highest BCUT2D eigenvalue weighted by atomic mass is 35.5. The van der Waals surface area contributed by atoms with E-state index >= 15 is 0 Å². The standard InChI is InChI=1S/C32H40ClN5O6/c33-26-19-22(5-6-28(26)39)20-29(30(40)35-12-8-24(9-13-35)37-17-18-43-21-37)44-32(42)36-14-10-25(11-15-36)38-16-7-23-3-1-2-4-27(23)34-31(38)41/h1-6,19,24-25,29,39H,7-18,20-21H2,(H,34,41)/t29-/m1/s1. The van der Waals surface area contributed by atoms with E-state index in [1.807, 2.05) is 29.2 Å². The molecule has 0 aromatic heterocycles. The average molecular weight is 626 g/mol. The Morgan fingerprint density at radius 2 is 1.70 bits per heavy atom. The fourth-order valence-corrected chi connectivity index (χ4v) is 6.94. The lowest BCUT2D eigenvalue weighted by atomic mass is 10.0. The molecule has 0 bridgehead atoms. The molecular weight excluding hydrogens is 586 g/mol. The smallest absolute Gasteiger partial charge is 0.410 e. The van der Waals surface area contributed by atoms with Gasteiger partial charge in [-0.15, -0.1) is 0 Å². The first-order chi connectivity index (χ1) is 21.4. The predicted octanol–water partition coefficient (Wildman–Crippen LogP) is 3.93. The second-order valence-corrected chi connectivity index (χ2v) is 12.4. The average Bonchev–Trinajstić information content (AvgIpc) is 3.53. The number of anilines is 1. The number of likely N-dealkylation sites (tertiary alicyclic amines) is 2. The first kappa shape index (κ1) is 30.5. The fraction of sp³-hybridized carbons (Fsp3) is 0.531. The van der Waals surface area contributed by atoms with Gasteiger partial charge < -0.3 is 34.6 Å². The van der Waals surface area contributed by atoms with Crippen LogP contribution in [0.25, 0.3) is 0 Å². The summed E-state index contributed by atoms with van der Waals surface area (Å²) in [7, 11) is 0. The van der Waals surface area contributed by atoms with Crippen molar-refractivity contribution in [3.63, 3.8) is 0 Å². The Kier molecular flexibility index (Phi) is 9.44. The number of urea groups is 1. The molecule has 0 saturated carbocycles. The molecule has 0 unspecified atom stereocenters. The van der Waals surface area contributed by atoms with Crippen molar-refractivity contribution in [2.45, 2.75) is 56.7 Å². The van der Waals surface area contributed by atoms with E-state index in [1.54, 1.807) is 21.9 Å². The van der Waals surface area contributed by atoms with Crippen LogP contribution in [0.1, 0.15) is 36.8 Å². The number of halogens is 1. The number of phenols is 1. The number of amides is 4. The van der Waals surface area contributed by atoms with Crippen molar-refractivity contribution in [2.75, 3.05) is 57.9 Å². The van der Waals surface area contributed by atoms with Crippen molar-refractivity contribution in [1.82, 2.24) is 19.6 Å². The maximum atomic E-state index is 13.8. The van der Waals surface area contributed by atoms with Gasteiger partial charge in [-0.1, -0.05) is 35.9 Å². The van der Waals surface area contributed by atoms with E-state index in [4.69, 9.17) is 21.1 Å². The minimum absolute atomic E-state index is 0.00670. The summed E-state index contributed by atoms with van der Waals surface area (Å²) in [6, 6.07) is 12.9. The third kappa shape index (κ3) is 6.90. The van der Waals surface area contributed by atoms with Crippen molar-refractivity contribution < 1.29 is 29.0 Å². The molecule has 0 spiro atoms. The maximum Gasteiger partial charge on any atom is 0.410 e. The molecule has 3 fully saturated rings. The summed E-state index contributed by atoms with van der Waals surface area (Å²) >= 11 is 6.15. The molecule has 2 aromatic rings. The second kappa shape index (κ2) is 13.6. The lowest BCUT2D eigenvalue weighted by Gasteiger charge is -2.39. The summed E-state index contributed by atoms with van der Waals surface area (Å²) in [5, 5.41) is 13.1. The van der Waals surface area contributed by atoms with Crippen LogP contribution in [0.3, 0.4) is 0 Å². The van der Waals surface area contributed by atoms with Crippen molar-refractivity contribution in [3.8, 4) is 5.75 Å². The highest BCUT2D eigenvalue weighted by Crippen LogP contribution is 2.27. The third-order valence-electron chi connectivity index (χ3n) is 9.33. The van der Waals surface area contributed by atoms with Crippen molar-refractivity contribution in [3.05, 3.63) is 58.6 Å². The largest absolute Gasteiger partial charge is 0.506 e. The molecule has 2 aromatic carbocycles. The highest BCUT2D eigenvalue weighted by Gasteiger charge is 2.36. The number of hydrogen-bond acceptors (Lipinski definition) is 7. The third-order valence-corrected chi connectivity index (χ3v) is 9.63. The van der Waals surface area contributed by atoms with Gasteiger partial charge in [-0.05, 0) is 61.4 Å². The number of benzene rings is 2. The zero-order valence-corrected chi connectivity index (χ0v) is 25.6. The van der Waals surface area contributed by atoms with Crippen LogP contribution >= 0.6 is 11.6 Å². The Bertz CT molecular complexity index is 1350. The van der Waals surface area contributed by atoms with Gasteiger partial charge in [0.25, 0.3) is 5.91 Å². The van der Waals surface area contributed by atoms with Gasteiger partial charge in [-0.3, -0.25) is 9.69 Å². The molecule has 6 rings (SSSR count). The Balaban J connectivity index is 1.07. The topological polar surface area (TPSA) is 115 Å². The zero-order valence-electron chi connectivity index (χ0n) is 24.8. The number of nitrogens with one attached hydrogen (secondary N) is 1. The first-order valence-corrected chi connectivity index (χ1v) is 15.9. The number of phenolic OH excluding ortho intramolecular Hbond substituents is 1. The highest BCUT2D eigenvalue weighted by molar-refractivity contribution is 6.32. The predicted molar refractivity (Wildman–Crippen MR) is 165 cm³/mol. The lowest BCUT2D eigenvalue weighted by Crippen LogP contribution is -2.52. The number of nitrogens with zero attached hydrogens (tertiary/aromatic N) is 4. The van der Waals surface area contributed by atoms with Gasteiger partial charge in [-0.2, -0.15) is 0 Å². The van der Waals surface area contributed by atoms with Crippen LogP contribution in [-0.2, 0) is 27.1 Å². The zero-order chi connectivity index (χ0) is 30.6. The Morgan fingerprint density at radius 3 is 2.43 bits per heavy atom. The molecule has 0 radical (unpaired) electrons. The Hall–Kier alpha value is -3.54. The van der Waals surface area contributed by atoms with E-state index in [9.17, 15) is 19.5 Å². The maximum absolute atomic E-state index is 13.8. The summed E-state index contributed by atoms with van der Waals surface area (Å²) in [5.41, 5.74) is 2.65. The van der Waals surface area contributed by atoms with E-state index in [-0.39, 0.29) is 35.2 Å². The number of carbonyl (C=O) groups excluding carboxylic acids is 3. The number of hydrogen-bond donors (Lipinski definition) is 2. The monoisotopic (exact) mass is 625 g/mol. The van der Waals surface area contributed by atoms with E-state index in [2.05, 4.69) is 10.2 Å². The van der Waals surface area contributed by atoms with Gasteiger partial charge in [-0.25, -0.2) is 9.59 Å². The number of rotatable bonds is 6. The molecule has 4 aliphatic rings. The van der Waals surface area contributed by atoms with Crippen LogP contribution in [-0.4, -0.2) is 114 Å². The van der Waals surface area contributed by atoms with Crippen LogP contribution in [0.4, 0.5) is 15.3 Å². The molecule has 1 atom stereocenters. The fourth-order valence-electron chi connectivity index (χ4n) is 6.74. The number of carbonyl (C=O) groups is 3. The van der Waals surface area contributed by atoms with E-state index in [0.717, 1.165) is 43.7 Å². The van der Waals surface area contributed by atoms with Crippen LogP contribution < -0.4 is 5.32 Å². The second-order valence-electron chi connectivity index (χ2n) is 12.0. The first-order valence-electron chi connectivity index (χ1n) is 15.5. The summed E-state index contributed by atoms with van der Waals surface area (Å²) in [6.45, 7) is 4.91. The number of ether oxygens (including phenoxy) is 2. The van der Waals surface area contributed by atoms with Gasteiger partial charge in [0.05, 0.1) is 18.4 Å². The molecule has 44 heavy (non-hydrogen) atoms. The van der Waals surface area contributed by atoms with Gasteiger partial charge >= 0.3 is 12.1 Å². The van der Waals surface area contributed by atoms with Gasteiger partial charge in [0.1, 0.15) is 5.75 Å². The molecule has 0 aliphatic carbocycles. The summed E-state index contributed by atoms with van der Waals surface area (Å²) in [4.78, 5) is 47.8. The quantitative estimate of drug-likeness (QED) is 0.500. The van der Waals surface area contributed by atoms with Crippen LogP contribution in [0.2, 0.25) is 5.02 Å². The van der Waals surface area contributed by atoms with Crippen LogP contribution in [0, 0.1) is 0 Å². The Labute approximate surface area is 262 Å². The van der Waals surface area contributed by atoms with E-state index < -0.39 is 12.2 Å².